The minimum absolute atomic E-state index is 0.0496. The first-order valence-corrected chi connectivity index (χ1v) is 13.0. The lowest BCUT2D eigenvalue weighted by Crippen LogP contribution is -2.56. The normalized spacial score (nSPS) is 20.6. The maximum absolute atomic E-state index is 14.8. The lowest BCUT2D eigenvalue weighted by atomic mass is 9.81. The lowest BCUT2D eigenvalue weighted by Gasteiger charge is -2.46. The number of likely N-dealkylation sites (tertiary alicyclic amines) is 1. The molecular weight excluding hydrogens is 478 g/mol. The number of terminal acetylenes is 1. The number of hydrogen-bond acceptors (Lipinski definition) is 4. The lowest BCUT2D eigenvalue weighted by molar-refractivity contribution is -0.134. The molecule has 0 unspecified atom stereocenters. The molecule has 3 heterocycles. The first-order chi connectivity index (χ1) is 17.5. The number of nitrogens with one attached hydrogen (secondary N) is 2. The molecule has 2 amide bonds. The largest absolute Gasteiger partial charge is 0.444 e. The van der Waals surface area contributed by atoms with Gasteiger partial charge in [0.15, 0.2) is 0 Å². The quantitative estimate of drug-likeness (QED) is 0.441. The zero-order valence-corrected chi connectivity index (χ0v) is 22.0. The molecule has 0 bridgehead atoms. The monoisotopic (exact) mass is 514 g/mol. The Kier molecular flexibility index (Phi) is 7.79. The molecule has 4 rings (SSSR count). The molecule has 0 radical (unpaired) electrons. The van der Waals surface area contributed by atoms with Crippen molar-refractivity contribution < 1.29 is 23.1 Å². The van der Waals surface area contributed by atoms with Crippen LogP contribution in [0.3, 0.4) is 0 Å². The molecule has 1 aromatic heterocycles. The summed E-state index contributed by atoms with van der Waals surface area (Å²) in [4.78, 5) is 32.3. The van der Waals surface area contributed by atoms with Gasteiger partial charge in [-0.1, -0.05) is 13.3 Å². The van der Waals surface area contributed by atoms with Gasteiger partial charge in [-0.15, -0.1) is 6.42 Å². The van der Waals surface area contributed by atoms with Crippen LogP contribution in [0.4, 0.5) is 13.6 Å². The van der Waals surface area contributed by atoms with Crippen LogP contribution in [0.5, 0.6) is 0 Å². The van der Waals surface area contributed by atoms with E-state index in [0.717, 1.165) is 24.5 Å². The number of H-pyrrole nitrogens is 1. The first kappa shape index (κ1) is 26.9. The van der Waals surface area contributed by atoms with Gasteiger partial charge in [0.05, 0.1) is 17.7 Å². The third-order valence-electron chi connectivity index (χ3n) is 7.20. The van der Waals surface area contributed by atoms with E-state index in [2.05, 4.69) is 23.1 Å². The van der Waals surface area contributed by atoms with Gasteiger partial charge in [-0.25, -0.2) is 13.6 Å². The summed E-state index contributed by atoms with van der Waals surface area (Å²) in [6, 6.07) is 1.74. The molecule has 2 atom stereocenters. The highest BCUT2D eigenvalue weighted by atomic mass is 19.1. The fraction of sp³-hybridized carbons (Fsp3) is 0.571. The summed E-state index contributed by atoms with van der Waals surface area (Å²) in [5, 5.41) is 3.94. The van der Waals surface area contributed by atoms with E-state index in [-0.39, 0.29) is 17.5 Å². The number of unbranched alkanes of at least 4 members (excludes halogenated alkanes) is 1. The van der Waals surface area contributed by atoms with E-state index in [0.29, 0.717) is 50.0 Å². The fourth-order valence-corrected chi connectivity index (χ4v) is 5.54. The van der Waals surface area contributed by atoms with E-state index in [1.165, 1.54) is 6.07 Å². The molecule has 2 aliphatic rings. The van der Waals surface area contributed by atoms with Crippen LogP contribution >= 0.6 is 0 Å². The molecule has 2 aromatic rings. The van der Waals surface area contributed by atoms with Gasteiger partial charge < -0.3 is 19.5 Å². The summed E-state index contributed by atoms with van der Waals surface area (Å²) in [5.74, 6) is 0.453. The second kappa shape index (κ2) is 10.7. The van der Waals surface area contributed by atoms with Crippen LogP contribution in [-0.2, 0) is 16.0 Å². The standard InChI is InChI=1S/C28H36F2N4O3/c1-6-8-11-31-22-16-20-19-14-18(29)15-21(30)24(19)32-25(20)26(34(22)23(35)7-2)17-9-12-33(13-10-17)27(36)37-28(3,4)5/h2,14-15,17,22,26,31-32H,6,8-13,16H2,1,3-5H3/t22-,26+/m1/s1. The van der Waals surface area contributed by atoms with Crippen molar-refractivity contribution in [2.75, 3.05) is 19.6 Å². The number of halogens is 2. The molecule has 2 N–H and O–H groups in total. The number of ether oxygens (including phenoxy) is 1. The highest BCUT2D eigenvalue weighted by molar-refractivity contribution is 5.94. The van der Waals surface area contributed by atoms with Gasteiger partial charge in [0.25, 0.3) is 5.91 Å². The number of hydrogen-bond donors (Lipinski definition) is 2. The van der Waals surface area contributed by atoms with Crippen LogP contribution in [0.25, 0.3) is 10.9 Å². The van der Waals surface area contributed by atoms with E-state index in [1.807, 2.05) is 20.8 Å². The molecule has 0 saturated carbocycles. The van der Waals surface area contributed by atoms with Gasteiger partial charge in [-0.3, -0.25) is 10.1 Å². The number of fused-ring (bicyclic) bond motifs is 3. The predicted molar refractivity (Wildman–Crippen MR) is 138 cm³/mol. The van der Waals surface area contributed by atoms with Crippen LogP contribution in [0.15, 0.2) is 12.1 Å². The second-order valence-corrected chi connectivity index (χ2v) is 11.0. The van der Waals surface area contributed by atoms with Crippen LogP contribution in [0.2, 0.25) is 0 Å². The molecule has 37 heavy (non-hydrogen) atoms. The Labute approximate surface area is 216 Å². The molecule has 200 valence electrons. The topological polar surface area (TPSA) is 77.7 Å². The molecule has 2 aliphatic heterocycles. The van der Waals surface area contributed by atoms with Gasteiger partial charge in [-0.2, -0.15) is 0 Å². The summed E-state index contributed by atoms with van der Waals surface area (Å²) in [6.45, 7) is 9.16. The molecule has 0 aliphatic carbocycles. The van der Waals surface area contributed by atoms with Crippen molar-refractivity contribution in [1.29, 1.82) is 0 Å². The average Bonchev–Trinajstić information content (AvgIpc) is 3.20. The molecule has 9 heteroatoms. The van der Waals surface area contributed by atoms with Crippen molar-refractivity contribution in [3.63, 3.8) is 0 Å². The summed E-state index contributed by atoms with van der Waals surface area (Å²) in [5.41, 5.74) is 1.11. The zero-order chi connectivity index (χ0) is 26.9. The third kappa shape index (κ3) is 5.59. The minimum Gasteiger partial charge on any atom is -0.444 e. The number of nitrogens with zero attached hydrogens (tertiary/aromatic N) is 2. The highest BCUT2D eigenvalue weighted by Crippen LogP contribution is 2.44. The number of rotatable bonds is 5. The van der Waals surface area contributed by atoms with E-state index < -0.39 is 35.4 Å². The van der Waals surface area contributed by atoms with Crippen molar-refractivity contribution in [3.05, 3.63) is 35.0 Å². The van der Waals surface area contributed by atoms with Gasteiger partial charge in [0.1, 0.15) is 17.2 Å². The number of aromatic nitrogens is 1. The van der Waals surface area contributed by atoms with E-state index in [1.54, 1.807) is 9.80 Å². The minimum atomic E-state index is -0.673. The Bertz CT molecular complexity index is 1200. The number of benzene rings is 1. The van der Waals surface area contributed by atoms with Crippen molar-refractivity contribution in [3.8, 4) is 12.3 Å². The van der Waals surface area contributed by atoms with E-state index in [4.69, 9.17) is 11.2 Å². The Morgan fingerprint density at radius 3 is 2.57 bits per heavy atom. The van der Waals surface area contributed by atoms with Crippen LogP contribution in [-0.4, -0.2) is 58.2 Å². The third-order valence-corrected chi connectivity index (χ3v) is 7.20. The molecule has 7 nitrogen and oxygen atoms in total. The number of carbonyl (C=O) groups excluding carboxylic acids is 2. The maximum atomic E-state index is 14.8. The Morgan fingerprint density at radius 1 is 1.24 bits per heavy atom. The SMILES string of the molecule is C#CC(=O)N1[C@@H](NCCCC)Cc2c([nH]c3c(F)cc(F)cc23)[C@@H]1C1CCN(C(=O)OC(C)(C)C)CC1. The number of piperidine rings is 1. The van der Waals surface area contributed by atoms with Crippen LogP contribution in [0, 0.1) is 29.9 Å². The molecule has 1 saturated heterocycles. The molecular formula is C28H36F2N4O3. The van der Waals surface area contributed by atoms with E-state index >= 15 is 0 Å². The van der Waals surface area contributed by atoms with E-state index in [9.17, 15) is 18.4 Å². The summed E-state index contributed by atoms with van der Waals surface area (Å²) in [6.07, 6.45) is 8.31. The van der Waals surface area contributed by atoms with Crippen molar-refractivity contribution >= 4 is 22.9 Å². The smallest absolute Gasteiger partial charge is 0.410 e. The fourth-order valence-electron chi connectivity index (χ4n) is 5.54. The number of carbonyl (C=O) groups is 2. The van der Waals surface area contributed by atoms with Gasteiger partial charge in [0, 0.05) is 36.7 Å². The van der Waals surface area contributed by atoms with Gasteiger partial charge >= 0.3 is 6.09 Å². The maximum Gasteiger partial charge on any atom is 0.410 e. The summed E-state index contributed by atoms with van der Waals surface area (Å²) >= 11 is 0. The van der Waals surface area contributed by atoms with Crippen molar-refractivity contribution in [2.24, 2.45) is 5.92 Å². The van der Waals surface area contributed by atoms with Gasteiger partial charge in [0.2, 0.25) is 0 Å². The number of aromatic amines is 1. The Morgan fingerprint density at radius 2 is 1.95 bits per heavy atom. The summed E-state index contributed by atoms with van der Waals surface area (Å²) < 4.78 is 34.5. The molecule has 1 fully saturated rings. The van der Waals surface area contributed by atoms with Crippen molar-refractivity contribution in [1.82, 2.24) is 20.1 Å². The first-order valence-electron chi connectivity index (χ1n) is 13.0. The Balaban J connectivity index is 1.71. The number of amides is 2. The average molecular weight is 515 g/mol. The summed E-state index contributed by atoms with van der Waals surface area (Å²) in [7, 11) is 0. The van der Waals surface area contributed by atoms with Crippen LogP contribution in [0.1, 0.15) is 70.7 Å². The van der Waals surface area contributed by atoms with Crippen molar-refractivity contribution in [2.45, 2.75) is 77.6 Å². The zero-order valence-electron chi connectivity index (χ0n) is 22.0. The molecule has 0 spiro atoms. The Hall–Kier alpha value is -3.12. The van der Waals surface area contributed by atoms with Crippen LogP contribution < -0.4 is 5.32 Å². The highest BCUT2D eigenvalue weighted by Gasteiger charge is 2.44. The van der Waals surface area contributed by atoms with Gasteiger partial charge in [-0.05, 0) is 70.0 Å². The second-order valence-electron chi connectivity index (χ2n) is 11.0. The predicted octanol–water partition coefficient (Wildman–Crippen LogP) is 4.87. The molecule has 1 aromatic carbocycles.